The van der Waals surface area contributed by atoms with Crippen molar-refractivity contribution in [2.45, 2.75) is 139 Å². The SMILES string of the molecule is CCN1P(Oc2c(C(C)C)cccc2C(C)C)N(CC)[P@@](=[Se])(Oc2c(C(C)C)cccc2C(C)C)N(CC)[P@@]1(=[Se])Oc1c(C(C)C)cccc1C(C)C. The molecular formula is C42H66N3O3P3Se2. The summed E-state index contributed by atoms with van der Waals surface area (Å²) in [5.41, 5.74) is 7.38. The van der Waals surface area contributed by atoms with E-state index < -0.39 is 20.5 Å². The van der Waals surface area contributed by atoms with Gasteiger partial charge >= 0.3 is 342 Å². The quantitative estimate of drug-likeness (QED) is 0.112. The molecule has 0 bridgehead atoms. The summed E-state index contributed by atoms with van der Waals surface area (Å²) in [7, 11) is -1.45. The molecule has 6 nitrogen and oxygen atoms in total. The van der Waals surface area contributed by atoms with Crippen molar-refractivity contribution in [1.29, 1.82) is 0 Å². The van der Waals surface area contributed by atoms with E-state index >= 15 is 0 Å². The topological polar surface area (TPSA) is 37.4 Å². The molecular weight excluding hydrogens is 845 g/mol. The third kappa shape index (κ3) is 9.05. The number of rotatable bonds is 15. The molecule has 0 saturated carbocycles. The van der Waals surface area contributed by atoms with Crippen LogP contribution < -0.4 is 13.6 Å². The van der Waals surface area contributed by atoms with E-state index in [1.54, 1.807) is 0 Å². The Morgan fingerprint density at radius 3 is 0.962 bits per heavy atom. The average molecular weight is 912 g/mol. The number of nitrogens with zero attached hydrogens (tertiary/aromatic N) is 3. The Morgan fingerprint density at radius 1 is 0.472 bits per heavy atom. The first-order chi connectivity index (χ1) is 24.9. The summed E-state index contributed by atoms with van der Waals surface area (Å²) >= 11 is 7.61. The van der Waals surface area contributed by atoms with Gasteiger partial charge in [0.2, 0.25) is 0 Å². The average Bonchev–Trinajstić information content (AvgIpc) is 3.08. The molecule has 0 aliphatic carbocycles. The fraction of sp³-hybridized carbons (Fsp3) is 0.571. The van der Waals surface area contributed by atoms with Gasteiger partial charge < -0.3 is 0 Å². The Labute approximate surface area is 339 Å². The second kappa shape index (κ2) is 18.7. The van der Waals surface area contributed by atoms with Crippen LogP contribution in [0.25, 0.3) is 0 Å². The van der Waals surface area contributed by atoms with Crippen molar-refractivity contribution in [3.8, 4) is 17.2 Å². The van der Waals surface area contributed by atoms with Crippen molar-refractivity contribution in [3.63, 3.8) is 0 Å². The standard InChI is InChI=1S/C42H66N3O3P3Se2/c1-16-43-49(46-40-34(28(4)5)22-19-23-35(40)29(6)7)44(17-2)51(53,48-42-38(32(12)13)26-21-27-39(42)33(14)15)45(18-3)50(43,52)47-41-36(30(8)9)24-20-25-37(41)31(10)11/h19-33H,16-18H2,1-15H3/t49?,50-,51+. The van der Waals surface area contributed by atoms with Gasteiger partial charge in [-0.2, -0.15) is 0 Å². The first-order valence-corrected chi connectivity index (χ1v) is 28.5. The van der Waals surface area contributed by atoms with Gasteiger partial charge in [-0.25, -0.2) is 0 Å². The van der Waals surface area contributed by atoms with E-state index in [-0.39, 0.29) is 23.7 Å². The number of para-hydroxylation sites is 3. The molecule has 0 spiro atoms. The number of hydrogen-bond donors (Lipinski definition) is 0. The Balaban J connectivity index is 2.12. The molecule has 294 valence electrons. The van der Waals surface area contributed by atoms with E-state index in [0.717, 1.165) is 36.9 Å². The van der Waals surface area contributed by atoms with E-state index in [2.05, 4.69) is 202 Å². The van der Waals surface area contributed by atoms with Crippen LogP contribution in [0, 0.1) is 0 Å². The van der Waals surface area contributed by atoms with Gasteiger partial charge in [-0.05, 0) is 0 Å². The minimum absolute atomic E-state index is 0.289. The fourth-order valence-electron chi connectivity index (χ4n) is 7.02. The van der Waals surface area contributed by atoms with Gasteiger partial charge in [0.25, 0.3) is 0 Å². The van der Waals surface area contributed by atoms with Crippen molar-refractivity contribution in [2.24, 2.45) is 0 Å². The van der Waals surface area contributed by atoms with Gasteiger partial charge in [-0.3, -0.25) is 0 Å². The second-order valence-corrected chi connectivity index (χ2v) is 28.6. The molecule has 0 radical (unpaired) electrons. The summed E-state index contributed by atoms with van der Waals surface area (Å²) in [6.07, 6.45) is 0. The van der Waals surface area contributed by atoms with Crippen LogP contribution in [-0.2, 0) is 0 Å². The molecule has 1 saturated heterocycles. The van der Waals surface area contributed by atoms with Crippen LogP contribution in [0.15, 0.2) is 54.6 Å². The predicted octanol–water partition coefficient (Wildman–Crippen LogP) is 13.9. The van der Waals surface area contributed by atoms with Gasteiger partial charge in [0, 0.05) is 0 Å². The van der Waals surface area contributed by atoms with Crippen LogP contribution >= 0.6 is 20.5 Å². The Kier molecular flexibility index (Phi) is 15.9. The van der Waals surface area contributed by atoms with E-state index in [0.29, 0.717) is 11.8 Å². The van der Waals surface area contributed by atoms with Crippen molar-refractivity contribution >= 4 is 50.7 Å². The second-order valence-electron chi connectivity index (χ2n) is 15.8. The summed E-state index contributed by atoms with van der Waals surface area (Å²) in [5, 5.41) is 0. The Morgan fingerprint density at radius 2 is 0.736 bits per heavy atom. The molecule has 3 aromatic rings. The third-order valence-corrected chi connectivity index (χ3v) is 29.0. The molecule has 0 N–H and O–H groups in total. The van der Waals surface area contributed by atoms with Crippen molar-refractivity contribution in [3.05, 3.63) is 88.0 Å². The predicted molar refractivity (Wildman–Crippen MR) is 235 cm³/mol. The van der Waals surface area contributed by atoms with Crippen LogP contribution in [0.1, 0.15) is 173 Å². The molecule has 1 fully saturated rings. The van der Waals surface area contributed by atoms with Gasteiger partial charge in [0.05, 0.1) is 0 Å². The van der Waals surface area contributed by atoms with Crippen molar-refractivity contribution < 1.29 is 13.6 Å². The van der Waals surface area contributed by atoms with Crippen LogP contribution in [0.5, 0.6) is 17.2 Å². The summed E-state index contributed by atoms with van der Waals surface area (Å²) in [4.78, 5) is 0. The van der Waals surface area contributed by atoms with E-state index in [1.165, 1.54) is 33.4 Å². The minimum atomic E-state index is -2.80. The maximum atomic E-state index is 7.78. The van der Waals surface area contributed by atoms with E-state index in [9.17, 15) is 0 Å². The van der Waals surface area contributed by atoms with Crippen molar-refractivity contribution in [2.75, 3.05) is 19.6 Å². The monoisotopic (exact) mass is 913 g/mol. The molecule has 0 amide bonds. The number of benzene rings is 3. The Hall–Kier alpha value is -0.731. The molecule has 1 unspecified atom stereocenters. The van der Waals surface area contributed by atoms with Crippen molar-refractivity contribution in [1.82, 2.24) is 13.3 Å². The van der Waals surface area contributed by atoms with E-state index in [4.69, 9.17) is 13.6 Å². The molecule has 1 aliphatic rings. The van der Waals surface area contributed by atoms with Gasteiger partial charge in [-0.1, -0.05) is 0 Å². The zero-order valence-electron chi connectivity index (χ0n) is 35.0. The summed E-state index contributed by atoms with van der Waals surface area (Å²) in [5.74, 6) is 4.73. The van der Waals surface area contributed by atoms with Crippen LogP contribution in [0.4, 0.5) is 0 Å². The molecule has 53 heavy (non-hydrogen) atoms. The van der Waals surface area contributed by atoms with Gasteiger partial charge in [0.1, 0.15) is 0 Å². The molecule has 4 rings (SSSR count). The normalized spacial score (nSPS) is 21.9. The molecule has 11 heteroatoms. The Bertz CT molecular complexity index is 1640. The molecule has 1 aliphatic heterocycles. The van der Waals surface area contributed by atoms with E-state index in [1.807, 2.05) is 0 Å². The molecule has 3 aromatic carbocycles. The number of hydrogen-bond acceptors (Lipinski definition) is 6. The summed E-state index contributed by atoms with van der Waals surface area (Å²) in [6.45, 7) is 36.1. The van der Waals surface area contributed by atoms with Gasteiger partial charge in [0.15, 0.2) is 0 Å². The van der Waals surface area contributed by atoms with Gasteiger partial charge in [-0.15, -0.1) is 0 Å². The molecule has 3 atom stereocenters. The summed E-state index contributed by atoms with van der Waals surface area (Å²) < 4.78 is 30.9. The first kappa shape index (κ1) is 45.0. The van der Waals surface area contributed by atoms with Crippen LogP contribution in [0.3, 0.4) is 0 Å². The maximum absolute atomic E-state index is 7.78. The fourth-order valence-corrected chi connectivity index (χ4v) is 29.2. The summed E-state index contributed by atoms with van der Waals surface area (Å²) in [6, 6.07) is 14.4. The van der Waals surface area contributed by atoms with Crippen LogP contribution in [-0.4, -0.2) is 63.2 Å². The first-order valence-electron chi connectivity index (χ1n) is 19.7. The zero-order chi connectivity index (χ0) is 39.6. The third-order valence-electron chi connectivity index (χ3n) is 9.96. The zero-order valence-corrected chi connectivity index (χ0v) is 41.1. The molecule has 1 heterocycles. The molecule has 0 aromatic heterocycles. The van der Waals surface area contributed by atoms with Crippen LogP contribution in [0.2, 0.25) is 0 Å².